The maximum atomic E-state index is 14.7. The van der Waals surface area contributed by atoms with E-state index in [9.17, 15) is 31.9 Å². The van der Waals surface area contributed by atoms with Gasteiger partial charge in [0.1, 0.15) is 5.82 Å². The van der Waals surface area contributed by atoms with E-state index in [-0.39, 0.29) is 55.1 Å². The van der Waals surface area contributed by atoms with E-state index < -0.39 is 40.2 Å². The molecular formula is C25H22F4N4O4. The highest BCUT2D eigenvalue weighted by molar-refractivity contribution is 5.99. The zero-order valence-corrected chi connectivity index (χ0v) is 19.3. The Kier molecular flexibility index (Phi) is 7.39. The number of anilines is 2. The minimum absolute atomic E-state index is 0.0227. The molecular weight excluding hydrogens is 496 g/mol. The first-order chi connectivity index (χ1) is 17.6. The van der Waals surface area contributed by atoms with Crippen LogP contribution >= 0.6 is 0 Å². The van der Waals surface area contributed by atoms with Gasteiger partial charge in [0.05, 0.1) is 29.5 Å². The predicted octanol–water partition coefficient (Wildman–Crippen LogP) is 3.97. The quantitative estimate of drug-likeness (QED) is 0.307. The lowest BCUT2D eigenvalue weighted by Crippen LogP contribution is -2.43. The molecule has 4 rings (SSSR count). The Bertz CT molecular complexity index is 1370. The van der Waals surface area contributed by atoms with Gasteiger partial charge in [0.15, 0.2) is 5.78 Å². The number of halogens is 4. The predicted molar refractivity (Wildman–Crippen MR) is 125 cm³/mol. The number of aromatic nitrogens is 2. The number of alkyl halides is 3. The number of nitrogens with zero attached hydrogens (tertiary/aromatic N) is 1. The van der Waals surface area contributed by atoms with Gasteiger partial charge in [-0.05, 0) is 30.7 Å². The maximum absolute atomic E-state index is 14.7. The summed E-state index contributed by atoms with van der Waals surface area (Å²) in [4.78, 5) is 37.2. The smallest absolute Gasteiger partial charge is 0.380 e. The largest absolute Gasteiger partial charge is 0.418 e. The summed E-state index contributed by atoms with van der Waals surface area (Å²) in [5.41, 5.74) is -2.60. The van der Waals surface area contributed by atoms with Crippen LogP contribution in [0.4, 0.5) is 28.9 Å². The molecule has 0 aliphatic carbocycles. The van der Waals surface area contributed by atoms with Crippen molar-refractivity contribution in [2.45, 2.75) is 25.6 Å². The molecule has 0 bridgehead atoms. The molecule has 1 amide bonds. The van der Waals surface area contributed by atoms with Crippen molar-refractivity contribution in [1.29, 1.82) is 0 Å². The monoisotopic (exact) mass is 518 g/mol. The fraction of sp³-hybridized carbons (Fsp3) is 0.280. The summed E-state index contributed by atoms with van der Waals surface area (Å²) < 4.78 is 59.8. The fourth-order valence-corrected chi connectivity index (χ4v) is 4.07. The summed E-state index contributed by atoms with van der Waals surface area (Å²) >= 11 is 0. The van der Waals surface area contributed by atoms with E-state index in [0.29, 0.717) is 0 Å². The average Bonchev–Trinajstić information content (AvgIpc) is 3.33. The number of para-hydroxylation sites is 1. The summed E-state index contributed by atoms with van der Waals surface area (Å²) in [5.74, 6) is -1.71. The molecule has 0 unspecified atom stereocenters. The Morgan fingerprint density at radius 3 is 2.59 bits per heavy atom. The highest BCUT2D eigenvalue weighted by atomic mass is 19.4. The molecule has 0 saturated carbocycles. The van der Waals surface area contributed by atoms with Gasteiger partial charge in [0, 0.05) is 42.5 Å². The number of H-pyrrole nitrogens is 1. The molecule has 2 aromatic carbocycles. The number of benzene rings is 2. The number of nitrogens with one attached hydrogen (secondary N) is 3. The number of carbonyl (C=O) groups excluding carboxylic acids is 2. The summed E-state index contributed by atoms with van der Waals surface area (Å²) in [5, 5.41) is 11.0. The van der Waals surface area contributed by atoms with E-state index >= 15 is 0 Å². The van der Waals surface area contributed by atoms with Crippen LogP contribution in [0.3, 0.4) is 0 Å². The lowest BCUT2D eigenvalue weighted by Gasteiger charge is -2.25. The molecule has 0 spiro atoms. The van der Waals surface area contributed by atoms with Gasteiger partial charge < -0.3 is 15.4 Å². The van der Waals surface area contributed by atoms with Gasteiger partial charge in [-0.3, -0.25) is 14.4 Å². The van der Waals surface area contributed by atoms with E-state index in [4.69, 9.17) is 4.74 Å². The number of hydrogen-bond acceptors (Lipinski definition) is 6. The second-order valence-corrected chi connectivity index (χ2v) is 8.67. The number of ketones is 1. The van der Waals surface area contributed by atoms with Crippen LogP contribution in [0, 0.1) is 11.2 Å². The minimum atomic E-state index is -4.58. The Morgan fingerprint density at radius 2 is 1.92 bits per heavy atom. The minimum Gasteiger partial charge on any atom is -0.380 e. The molecule has 1 aliphatic rings. The third kappa shape index (κ3) is 6.02. The van der Waals surface area contributed by atoms with Gasteiger partial charge in [0.25, 0.3) is 5.56 Å². The van der Waals surface area contributed by atoms with Gasteiger partial charge in [-0.15, -0.1) is 0 Å². The van der Waals surface area contributed by atoms with E-state index in [1.807, 2.05) is 0 Å². The zero-order valence-electron chi connectivity index (χ0n) is 19.3. The van der Waals surface area contributed by atoms with Crippen molar-refractivity contribution in [2.24, 2.45) is 5.41 Å². The molecule has 1 saturated heterocycles. The third-order valence-electron chi connectivity index (χ3n) is 6.07. The van der Waals surface area contributed by atoms with E-state index in [1.165, 1.54) is 36.5 Å². The van der Waals surface area contributed by atoms with E-state index in [0.717, 1.165) is 18.2 Å². The SMILES string of the molecule is O=C(C[C@@]1(C(=O)NCc2ccc(Nc3ccccc3C(F)(F)F)cc2F)CCOC1)c1cn[nH]c(=O)c1. The number of Topliss-reactive ketones (excluding diaryl/α,β-unsaturated/α-hetero) is 1. The van der Waals surface area contributed by atoms with Crippen LogP contribution in [0.2, 0.25) is 0 Å². The van der Waals surface area contributed by atoms with Crippen LogP contribution in [0.5, 0.6) is 0 Å². The molecule has 12 heteroatoms. The Hall–Kier alpha value is -4.06. The first kappa shape index (κ1) is 26.0. The molecule has 1 aliphatic heterocycles. The van der Waals surface area contributed by atoms with Gasteiger partial charge >= 0.3 is 6.18 Å². The molecule has 0 radical (unpaired) electrons. The van der Waals surface area contributed by atoms with E-state index in [2.05, 4.69) is 20.8 Å². The zero-order chi connectivity index (χ0) is 26.6. The van der Waals surface area contributed by atoms with Crippen LogP contribution in [0.15, 0.2) is 59.5 Å². The summed E-state index contributed by atoms with van der Waals surface area (Å²) in [6.07, 6.45) is -3.36. The van der Waals surface area contributed by atoms with Gasteiger partial charge in [0.2, 0.25) is 5.91 Å². The van der Waals surface area contributed by atoms with Crippen molar-refractivity contribution in [2.75, 3.05) is 18.5 Å². The van der Waals surface area contributed by atoms with Crippen LogP contribution in [-0.2, 0) is 22.3 Å². The second kappa shape index (κ2) is 10.5. The highest BCUT2D eigenvalue weighted by Gasteiger charge is 2.44. The van der Waals surface area contributed by atoms with Crippen molar-refractivity contribution in [1.82, 2.24) is 15.5 Å². The van der Waals surface area contributed by atoms with Crippen LogP contribution in [-0.4, -0.2) is 35.1 Å². The molecule has 3 N–H and O–H groups in total. The van der Waals surface area contributed by atoms with Crippen LogP contribution in [0.25, 0.3) is 0 Å². The van der Waals surface area contributed by atoms with Gasteiger partial charge in [-0.25, -0.2) is 9.49 Å². The Balaban J connectivity index is 1.44. The molecule has 1 aromatic heterocycles. The van der Waals surface area contributed by atoms with Gasteiger partial charge in [-0.1, -0.05) is 18.2 Å². The molecule has 8 nitrogen and oxygen atoms in total. The normalized spacial score (nSPS) is 17.4. The lowest BCUT2D eigenvalue weighted by molar-refractivity contribution is -0.137. The number of ether oxygens (including phenoxy) is 1. The fourth-order valence-electron chi connectivity index (χ4n) is 4.07. The van der Waals surface area contributed by atoms with Crippen LogP contribution in [0.1, 0.15) is 34.3 Å². The van der Waals surface area contributed by atoms with Gasteiger partial charge in [-0.2, -0.15) is 18.3 Å². The summed E-state index contributed by atoms with van der Waals surface area (Å²) in [6, 6.07) is 9.71. The molecule has 2 heterocycles. The molecule has 3 aromatic rings. The molecule has 37 heavy (non-hydrogen) atoms. The lowest BCUT2D eigenvalue weighted by atomic mass is 9.80. The van der Waals surface area contributed by atoms with Crippen molar-refractivity contribution in [3.63, 3.8) is 0 Å². The Morgan fingerprint density at radius 1 is 1.14 bits per heavy atom. The number of amides is 1. The first-order valence-corrected chi connectivity index (χ1v) is 11.2. The Labute approximate surface area is 208 Å². The number of rotatable bonds is 8. The average molecular weight is 518 g/mol. The van der Waals surface area contributed by atoms with Crippen LogP contribution < -0.4 is 16.2 Å². The standard InChI is InChI=1S/C25H22F4N4O4/c26-19-10-17(32-20-4-2-1-3-18(20)25(27,28)29)6-5-15(19)12-30-23(36)24(7-8-37-14-24)11-21(34)16-9-22(35)33-31-13-16/h1-6,9-10,13,32H,7-8,11-12,14H2,(H,30,36)(H,33,35)/t24-/m0/s1. The third-order valence-corrected chi connectivity index (χ3v) is 6.07. The maximum Gasteiger partial charge on any atom is 0.418 e. The van der Waals surface area contributed by atoms with Crippen molar-refractivity contribution in [3.05, 3.63) is 87.6 Å². The number of aromatic amines is 1. The molecule has 1 fully saturated rings. The molecule has 194 valence electrons. The highest BCUT2D eigenvalue weighted by Crippen LogP contribution is 2.36. The number of carbonyl (C=O) groups is 2. The van der Waals surface area contributed by atoms with Crippen molar-refractivity contribution >= 4 is 23.1 Å². The summed E-state index contributed by atoms with van der Waals surface area (Å²) in [6.45, 7) is 0.0141. The van der Waals surface area contributed by atoms with Crippen molar-refractivity contribution < 1.29 is 31.9 Å². The summed E-state index contributed by atoms with van der Waals surface area (Å²) in [7, 11) is 0. The first-order valence-electron chi connectivity index (χ1n) is 11.2. The molecule has 1 atom stereocenters. The second-order valence-electron chi connectivity index (χ2n) is 8.67. The van der Waals surface area contributed by atoms with E-state index in [1.54, 1.807) is 0 Å². The topological polar surface area (TPSA) is 113 Å². The van der Waals surface area contributed by atoms with Crippen molar-refractivity contribution in [3.8, 4) is 0 Å². The number of hydrogen-bond donors (Lipinski definition) is 3.